The molecule has 0 saturated heterocycles. The fraction of sp³-hybridized carbons (Fsp3) is 0.125. The summed E-state index contributed by atoms with van der Waals surface area (Å²) in [5, 5.41) is 10.9. The first-order chi connectivity index (χ1) is 16.1. The Morgan fingerprint density at radius 1 is 1.09 bits per heavy atom. The lowest BCUT2D eigenvalue weighted by atomic mass is 9.96. The summed E-state index contributed by atoms with van der Waals surface area (Å²) in [6.45, 7) is 1.85. The van der Waals surface area contributed by atoms with Gasteiger partial charge in [0, 0.05) is 29.9 Å². The zero-order valence-corrected chi connectivity index (χ0v) is 18.1. The maximum absolute atomic E-state index is 13.4. The second-order valence-electron chi connectivity index (χ2n) is 7.48. The third kappa shape index (κ3) is 3.91. The summed E-state index contributed by atoms with van der Waals surface area (Å²) in [5.41, 5.74) is 3.43. The number of carbonyl (C=O) groups is 1. The van der Waals surface area contributed by atoms with Crippen LogP contribution in [-0.2, 0) is 4.79 Å². The molecule has 0 aliphatic carbocycles. The largest absolute Gasteiger partial charge is 0.497 e. The van der Waals surface area contributed by atoms with Crippen LogP contribution in [0.15, 0.2) is 84.6 Å². The fourth-order valence-corrected chi connectivity index (χ4v) is 3.81. The first-order valence-corrected chi connectivity index (χ1v) is 10.3. The van der Waals surface area contributed by atoms with E-state index < -0.39 is 6.04 Å². The number of allylic oxidation sites excluding steroid dienone is 1. The minimum Gasteiger partial charge on any atom is -0.497 e. The van der Waals surface area contributed by atoms with Gasteiger partial charge in [-0.05, 0) is 42.8 Å². The molecule has 9 heteroatoms. The molecule has 1 atom stereocenters. The molecule has 1 amide bonds. The summed E-state index contributed by atoms with van der Waals surface area (Å²) in [7, 11) is 1.62. The van der Waals surface area contributed by atoms with Crippen molar-refractivity contribution in [1.29, 1.82) is 0 Å². The molecular weight excluding hydrogens is 418 g/mol. The van der Waals surface area contributed by atoms with Gasteiger partial charge in [-0.2, -0.15) is 4.98 Å². The minimum atomic E-state index is -0.515. The second-order valence-corrected chi connectivity index (χ2v) is 7.48. The Kier molecular flexibility index (Phi) is 5.27. The van der Waals surface area contributed by atoms with Gasteiger partial charge < -0.3 is 15.4 Å². The summed E-state index contributed by atoms with van der Waals surface area (Å²) < 4.78 is 7.06. The molecule has 164 valence electrons. The molecule has 9 nitrogen and oxygen atoms in total. The molecule has 3 aromatic heterocycles. The predicted molar refractivity (Wildman–Crippen MR) is 124 cm³/mol. The number of aromatic nitrogens is 5. The number of carbonyl (C=O) groups excluding carboxylic acids is 1. The van der Waals surface area contributed by atoms with E-state index >= 15 is 0 Å². The van der Waals surface area contributed by atoms with Crippen molar-refractivity contribution in [2.45, 2.75) is 13.0 Å². The van der Waals surface area contributed by atoms with Gasteiger partial charge in [-0.25, -0.2) is 4.68 Å². The highest BCUT2D eigenvalue weighted by Crippen LogP contribution is 2.36. The van der Waals surface area contributed by atoms with E-state index in [4.69, 9.17) is 9.84 Å². The van der Waals surface area contributed by atoms with Crippen molar-refractivity contribution < 1.29 is 9.53 Å². The van der Waals surface area contributed by atoms with Crippen molar-refractivity contribution in [2.75, 3.05) is 17.7 Å². The quantitative estimate of drug-likeness (QED) is 0.489. The van der Waals surface area contributed by atoms with Crippen molar-refractivity contribution in [2.24, 2.45) is 0 Å². The van der Waals surface area contributed by atoms with E-state index in [1.54, 1.807) is 48.7 Å². The van der Waals surface area contributed by atoms with Gasteiger partial charge in [0.05, 0.1) is 24.6 Å². The lowest BCUT2D eigenvalue weighted by Crippen LogP contribution is -2.31. The molecule has 0 radical (unpaired) electrons. The summed E-state index contributed by atoms with van der Waals surface area (Å²) in [6.07, 6.45) is 6.69. The van der Waals surface area contributed by atoms with Gasteiger partial charge in [0.1, 0.15) is 11.8 Å². The number of pyridine rings is 2. The zero-order chi connectivity index (χ0) is 22.8. The Bertz CT molecular complexity index is 1330. The minimum absolute atomic E-state index is 0.258. The van der Waals surface area contributed by atoms with Crippen LogP contribution in [0, 0.1) is 0 Å². The molecule has 1 unspecified atom stereocenters. The summed E-state index contributed by atoms with van der Waals surface area (Å²) >= 11 is 0. The summed E-state index contributed by atoms with van der Waals surface area (Å²) in [5.74, 6) is 1.51. The number of nitrogens with one attached hydrogen (secondary N) is 2. The SMILES string of the molecule is COc1cccc(-c2nc3n(n2)C(c2cccnc2)C(C(=O)Nc2cccnc2)=C(C)N3)c1. The lowest BCUT2D eigenvalue weighted by molar-refractivity contribution is -0.113. The fourth-order valence-electron chi connectivity index (χ4n) is 3.81. The van der Waals surface area contributed by atoms with Crippen LogP contribution in [-0.4, -0.2) is 37.7 Å². The maximum Gasteiger partial charge on any atom is 0.255 e. The average molecular weight is 439 g/mol. The van der Waals surface area contributed by atoms with Crippen LogP contribution < -0.4 is 15.4 Å². The Hall–Kier alpha value is -4.53. The van der Waals surface area contributed by atoms with Gasteiger partial charge in [-0.15, -0.1) is 5.10 Å². The highest BCUT2D eigenvalue weighted by molar-refractivity contribution is 6.05. The molecule has 4 heterocycles. The van der Waals surface area contributed by atoms with E-state index in [0.29, 0.717) is 34.5 Å². The van der Waals surface area contributed by atoms with Crippen LogP contribution >= 0.6 is 0 Å². The van der Waals surface area contributed by atoms with E-state index in [2.05, 4.69) is 25.6 Å². The number of nitrogens with zero attached hydrogens (tertiary/aromatic N) is 5. The number of ether oxygens (including phenoxy) is 1. The van der Waals surface area contributed by atoms with Crippen molar-refractivity contribution in [3.8, 4) is 17.1 Å². The normalized spacial score (nSPS) is 14.9. The number of amides is 1. The van der Waals surface area contributed by atoms with E-state index in [1.165, 1.54) is 0 Å². The first kappa shape index (κ1) is 20.4. The highest BCUT2D eigenvalue weighted by atomic mass is 16.5. The van der Waals surface area contributed by atoms with Crippen molar-refractivity contribution in [1.82, 2.24) is 24.7 Å². The molecule has 0 bridgehead atoms. The van der Waals surface area contributed by atoms with Gasteiger partial charge in [0.15, 0.2) is 5.82 Å². The smallest absolute Gasteiger partial charge is 0.255 e. The molecule has 0 spiro atoms. The summed E-state index contributed by atoms with van der Waals surface area (Å²) in [4.78, 5) is 26.4. The van der Waals surface area contributed by atoms with E-state index in [0.717, 1.165) is 11.1 Å². The molecule has 33 heavy (non-hydrogen) atoms. The zero-order valence-electron chi connectivity index (χ0n) is 18.1. The van der Waals surface area contributed by atoms with Crippen LogP contribution in [0.5, 0.6) is 5.75 Å². The predicted octanol–water partition coefficient (Wildman–Crippen LogP) is 3.67. The number of benzene rings is 1. The van der Waals surface area contributed by atoms with Gasteiger partial charge >= 0.3 is 0 Å². The van der Waals surface area contributed by atoms with Crippen molar-refractivity contribution >= 4 is 17.5 Å². The Balaban J connectivity index is 1.59. The number of rotatable bonds is 5. The molecule has 5 rings (SSSR count). The highest BCUT2D eigenvalue weighted by Gasteiger charge is 2.34. The summed E-state index contributed by atoms with van der Waals surface area (Å²) in [6, 6.07) is 14.3. The Labute approximate surface area is 190 Å². The molecule has 1 aromatic carbocycles. The number of fused-ring (bicyclic) bond motifs is 1. The lowest BCUT2D eigenvalue weighted by Gasteiger charge is -2.28. The van der Waals surface area contributed by atoms with Gasteiger partial charge in [-0.1, -0.05) is 18.2 Å². The van der Waals surface area contributed by atoms with E-state index in [9.17, 15) is 4.79 Å². The van der Waals surface area contributed by atoms with Crippen LogP contribution in [0.2, 0.25) is 0 Å². The average Bonchev–Trinajstić information content (AvgIpc) is 3.28. The van der Waals surface area contributed by atoms with Gasteiger partial charge in [-0.3, -0.25) is 14.8 Å². The number of methoxy groups -OCH3 is 1. The van der Waals surface area contributed by atoms with E-state index in [1.807, 2.05) is 43.3 Å². The number of hydrogen-bond acceptors (Lipinski definition) is 7. The maximum atomic E-state index is 13.4. The van der Waals surface area contributed by atoms with Crippen LogP contribution in [0.1, 0.15) is 18.5 Å². The van der Waals surface area contributed by atoms with Gasteiger partial charge in [0.2, 0.25) is 5.95 Å². The Morgan fingerprint density at radius 2 is 1.91 bits per heavy atom. The van der Waals surface area contributed by atoms with E-state index in [-0.39, 0.29) is 5.91 Å². The monoisotopic (exact) mass is 439 g/mol. The molecule has 2 N–H and O–H groups in total. The van der Waals surface area contributed by atoms with Crippen LogP contribution in [0.25, 0.3) is 11.4 Å². The molecule has 4 aromatic rings. The molecule has 0 fully saturated rings. The van der Waals surface area contributed by atoms with Crippen molar-refractivity contribution in [3.63, 3.8) is 0 Å². The van der Waals surface area contributed by atoms with Crippen LogP contribution in [0.4, 0.5) is 11.6 Å². The topological polar surface area (TPSA) is 107 Å². The Morgan fingerprint density at radius 3 is 2.64 bits per heavy atom. The van der Waals surface area contributed by atoms with Crippen molar-refractivity contribution in [3.05, 3.63) is 90.2 Å². The third-order valence-electron chi connectivity index (χ3n) is 5.34. The second kappa shape index (κ2) is 8.54. The van der Waals surface area contributed by atoms with Gasteiger partial charge in [0.25, 0.3) is 5.91 Å². The molecule has 0 saturated carbocycles. The number of anilines is 2. The van der Waals surface area contributed by atoms with Crippen LogP contribution in [0.3, 0.4) is 0 Å². The standard InChI is InChI=1S/C24H21N7O2/c1-15-20(23(32)28-18-8-5-11-26-14-18)21(17-7-4-10-25-13-17)31-24(27-15)29-22(30-31)16-6-3-9-19(12-16)33-2/h3-14,21H,1-2H3,(H,28,32)(H,27,29,30). The third-order valence-corrected chi connectivity index (χ3v) is 5.34. The molecular formula is C24H21N7O2. The first-order valence-electron chi connectivity index (χ1n) is 10.3. The molecule has 1 aliphatic rings. The molecule has 1 aliphatic heterocycles. The number of hydrogen-bond donors (Lipinski definition) is 2.